The van der Waals surface area contributed by atoms with E-state index in [9.17, 15) is 0 Å². The molecule has 3 nitrogen and oxygen atoms in total. The fourth-order valence-corrected chi connectivity index (χ4v) is 7.14. The van der Waals surface area contributed by atoms with Crippen molar-refractivity contribution in [3.05, 3.63) is 35.5 Å². The number of nitrogens with zero attached hydrogens (tertiary/aromatic N) is 1. The largest absolute Gasteiger partial charge is 0.382 e. The average Bonchev–Trinajstić information content (AvgIpc) is 2.66. The predicted octanol–water partition coefficient (Wildman–Crippen LogP) is 6.27. The number of halogens is 1. The van der Waals surface area contributed by atoms with Gasteiger partial charge in [0.25, 0.3) is 0 Å². The highest BCUT2D eigenvalue weighted by atomic mass is 35.5. The molecule has 4 aliphatic rings. The van der Waals surface area contributed by atoms with Crippen LogP contribution in [-0.2, 0) is 0 Å². The third-order valence-corrected chi connectivity index (χ3v) is 8.09. The zero-order chi connectivity index (χ0) is 19.8. The number of hydrogen-bond donors (Lipinski definition) is 2. The van der Waals surface area contributed by atoms with Crippen LogP contribution in [0.25, 0.3) is 10.9 Å². The van der Waals surface area contributed by atoms with Crippen LogP contribution in [0.3, 0.4) is 0 Å². The first-order valence-electron chi connectivity index (χ1n) is 11.6. The molecule has 156 valence electrons. The summed E-state index contributed by atoms with van der Waals surface area (Å²) in [6, 6.07) is 8.41. The maximum Gasteiger partial charge on any atom is 0.0737 e. The number of pyridine rings is 1. The lowest BCUT2D eigenvalue weighted by Gasteiger charge is -2.57. The van der Waals surface area contributed by atoms with Crippen molar-refractivity contribution in [3.63, 3.8) is 0 Å². The quantitative estimate of drug-likeness (QED) is 0.502. The lowest BCUT2D eigenvalue weighted by molar-refractivity contribution is -0.0567. The van der Waals surface area contributed by atoms with Crippen molar-refractivity contribution in [2.75, 3.05) is 18.4 Å². The molecule has 4 aliphatic carbocycles. The molecule has 1 atom stereocenters. The molecule has 2 N–H and O–H groups in total. The molecule has 0 saturated heterocycles. The van der Waals surface area contributed by atoms with Crippen molar-refractivity contribution < 1.29 is 0 Å². The third kappa shape index (κ3) is 4.27. The first kappa shape index (κ1) is 19.6. The van der Waals surface area contributed by atoms with Crippen molar-refractivity contribution in [2.24, 2.45) is 23.2 Å². The maximum absolute atomic E-state index is 6.10. The number of hydrogen-bond acceptors (Lipinski definition) is 3. The Morgan fingerprint density at radius 2 is 1.79 bits per heavy atom. The van der Waals surface area contributed by atoms with E-state index >= 15 is 0 Å². The molecule has 29 heavy (non-hydrogen) atoms. The highest BCUT2D eigenvalue weighted by Gasteiger charge is 2.50. The fraction of sp³-hybridized carbons (Fsp3) is 0.640. The van der Waals surface area contributed by atoms with Gasteiger partial charge in [0.1, 0.15) is 0 Å². The minimum Gasteiger partial charge on any atom is -0.382 e. The van der Waals surface area contributed by atoms with Crippen molar-refractivity contribution in [3.8, 4) is 0 Å². The van der Waals surface area contributed by atoms with Gasteiger partial charge in [-0.2, -0.15) is 0 Å². The number of benzene rings is 1. The molecule has 0 amide bonds. The number of rotatable bonds is 8. The summed E-state index contributed by atoms with van der Waals surface area (Å²) in [6.07, 6.45) is 13.6. The monoisotopic (exact) mass is 411 g/mol. The van der Waals surface area contributed by atoms with E-state index in [1.165, 1.54) is 32.2 Å². The Labute approximate surface area is 180 Å². The first-order chi connectivity index (χ1) is 14.1. The van der Waals surface area contributed by atoms with Gasteiger partial charge in [-0.1, -0.05) is 11.6 Å². The van der Waals surface area contributed by atoms with Crippen LogP contribution < -0.4 is 10.6 Å². The van der Waals surface area contributed by atoms with Crippen LogP contribution in [-0.4, -0.2) is 24.1 Å². The molecular formula is C25H34ClN3. The lowest BCUT2D eigenvalue weighted by Crippen LogP contribution is -2.47. The summed E-state index contributed by atoms with van der Waals surface area (Å²) in [5.74, 6) is 3.20. The number of nitrogens with one attached hydrogen (secondary N) is 2. The van der Waals surface area contributed by atoms with Gasteiger partial charge < -0.3 is 10.6 Å². The van der Waals surface area contributed by atoms with Crippen LogP contribution in [0, 0.1) is 23.2 Å². The van der Waals surface area contributed by atoms with E-state index < -0.39 is 0 Å². The second kappa shape index (κ2) is 8.07. The summed E-state index contributed by atoms with van der Waals surface area (Å²) in [4.78, 5) is 4.44. The number of anilines is 1. The topological polar surface area (TPSA) is 37.0 Å². The van der Waals surface area contributed by atoms with Crippen LogP contribution in [0.1, 0.15) is 58.3 Å². The molecule has 2 aromatic rings. The Morgan fingerprint density at radius 1 is 1.07 bits per heavy atom. The molecule has 4 heteroatoms. The molecule has 1 aromatic carbocycles. The van der Waals surface area contributed by atoms with Crippen LogP contribution in [0.2, 0.25) is 5.02 Å². The van der Waals surface area contributed by atoms with E-state index in [4.69, 9.17) is 11.6 Å². The normalized spacial score (nSPS) is 31.3. The van der Waals surface area contributed by atoms with Crippen molar-refractivity contribution in [2.45, 2.75) is 64.3 Å². The van der Waals surface area contributed by atoms with Crippen LogP contribution in [0.5, 0.6) is 0 Å². The Kier molecular flexibility index (Phi) is 5.47. The lowest BCUT2D eigenvalue weighted by atomic mass is 9.49. The smallest absolute Gasteiger partial charge is 0.0737 e. The van der Waals surface area contributed by atoms with Gasteiger partial charge >= 0.3 is 0 Å². The van der Waals surface area contributed by atoms with Gasteiger partial charge in [0.15, 0.2) is 0 Å². The van der Waals surface area contributed by atoms with E-state index in [-0.39, 0.29) is 0 Å². The van der Waals surface area contributed by atoms with Gasteiger partial charge in [0.2, 0.25) is 0 Å². The molecule has 1 heterocycles. The van der Waals surface area contributed by atoms with Gasteiger partial charge in [0.05, 0.1) is 5.52 Å². The van der Waals surface area contributed by atoms with Crippen LogP contribution in [0.4, 0.5) is 5.69 Å². The molecule has 0 aliphatic heterocycles. The van der Waals surface area contributed by atoms with Gasteiger partial charge in [-0.25, -0.2) is 0 Å². The highest BCUT2D eigenvalue weighted by Crippen LogP contribution is 2.61. The summed E-state index contributed by atoms with van der Waals surface area (Å²) in [5.41, 5.74) is 2.79. The van der Waals surface area contributed by atoms with Crippen molar-refractivity contribution >= 4 is 28.2 Å². The minimum atomic E-state index is 0.420. The molecule has 4 bridgehead atoms. The Hall–Kier alpha value is -1.32. The third-order valence-electron chi connectivity index (χ3n) is 7.86. The summed E-state index contributed by atoms with van der Waals surface area (Å²) in [5, 5.41) is 9.29. The predicted molar refractivity (Wildman–Crippen MR) is 123 cm³/mol. The van der Waals surface area contributed by atoms with Gasteiger partial charge in [-0.05, 0) is 119 Å². The van der Waals surface area contributed by atoms with E-state index in [0.717, 1.165) is 52.3 Å². The molecule has 6 rings (SSSR count). The number of aromatic nitrogens is 1. The summed E-state index contributed by atoms with van der Waals surface area (Å²) in [6.45, 7) is 4.54. The average molecular weight is 412 g/mol. The second-order valence-corrected chi connectivity index (χ2v) is 10.7. The molecule has 1 unspecified atom stereocenters. The molecule has 0 radical (unpaired) electrons. The number of fused-ring (bicyclic) bond motifs is 1. The van der Waals surface area contributed by atoms with E-state index in [2.05, 4.69) is 34.7 Å². The molecule has 4 fully saturated rings. The second-order valence-electron chi connectivity index (χ2n) is 10.3. The van der Waals surface area contributed by atoms with Crippen molar-refractivity contribution in [1.29, 1.82) is 0 Å². The molecule has 4 saturated carbocycles. The SMILES string of the molecule is CC(CCNCCC12CC3CC(CC(C3)C1)C2)Nc1ccnc2cc(Cl)ccc12. The van der Waals surface area contributed by atoms with E-state index in [1.54, 1.807) is 19.3 Å². The maximum atomic E-state index is 6.10. The van der Waals surface area contributed by atoms with Crippen LogP contribution in [0.15, 0.2) is 30.5 Å². The van der Waals surface area contributed by atoms with Gasteiger partial charge in [0, 0.05) is 28.3 Å². The first-order valence-corrected chi connectivity index (χ1v) is 12.0. The van der Waals surface area contributed by atoms with E-state index in [1.807, 2.05) is 18.3 Å². The fourth-order valence-electron chi connectivity index (χ4n) is 6.98. The Bertz CT molecular complexity index is 829. The molecule has 0 spiro atoms. The zero-order valence-electron chi connectivity index (χ0n) is 17.6. The summed E-state index contributed by atoms with van der Waals surface area (Å²) >= 11 is 6.10. The summed E-state index contributed by atoms with van der Waals surface area (Å²) in [7, 11) is 0. The Balaban J connectivity index is 1.08. The van der Waals surface area contributed by atoms with Crippen LogP contribution >= 0.6 is 11.6 Å². The van der Waals surface area contributed by atoms with Gasteiger partial charge in [-0.15, -0.1) is 0 Å². The van der Waals surface area contributed by atoms with Gasteiger partial charge in [-0.3, -0.25) is 4.98 Å². The van der Waals surface area contributed by atoms with Crippen molar-refractivity contribution in [1.82, 2.24) is 10.3 Å². The zero-order valence-corrected chi connectivity index (χ0v) is 18.3. The summed E-state index contributed by atoms with van der Waals surface area (Å²) < 4.78 is 0. The molecular weight excluding hydrogens is 378 g/mol. The Morgan fingerprint density at radius 3 is 2.52 bits per heavy atom. The highest BCUT2D eigenvalue weighted by molar-refractivity contribution is 6.31. The molecule has 1 aromatic heterocycles. The minimum absolute atomic E-state index is 0.420. The standard InChI is InChI=1S/C25H34ClN3/c1-17(29-23-5-8-28-24-13-21(26)2-3-22(23)24)4-7-27-9-6-25-14-18-10-19(15-25)12-20(11-18)16-25/h2-3,5,8,13,17-20,27H,4,6-7,9-12,14-16H2,1H3,(H,28,29). The van der Waals surface area contributed by atoms with E-state index in [0.29, 0.717) is 11.5 Å².